The van der Waals surface area contributed by atoms with Crippen molar-refractivity contribution in [2.24, 2.45) is 5.92 Å². The number of rotatable bonds is 7. The fraction of sp³-hybridized carbons (Fsp3) is 0.722. The normalized spacial score (nSPS) is 22.2. The van der Waals surface area contributed by atoms with Gasteiger partial charge in [-0.15, -0.1) is 0 Å². The minimum absolute atomic E-state index is 0.666. The second kappa shape index (κ2) is 8.38. The van der Waals surface area contributed by atoms with E-state index in [-0.39, 0.29) is 0 Å². The highest BCUT2D eigenvalue weighted by atomic mass is 15.2. The summed E-state index contributed by atoms with van der Waals surface area (Å²) >= 11 is 0. The van der Waals surface area contributed by atoms with Crippen LogP contribution >= 0.6 is 0 Å². The number of hydrogen-bond acceptors (Lipinski definition) is 3. The van der Waals surface area contributed by atoms with Crippen molar-refractivity contribution < 1.29 is 0 Å². The first-order valence-electron chi connectivity index (χ1n) is 8.64. The maximum Gasteiger partial charge on any atom is 0.128 e. The second-order valence-corrected chi connectivity index (χ2v) is 6.36. The lowest BCUT2D eigenvalue weighted by Crippen LogP contribution is -2.35. The Bertz CT molecular complexity index is 411. The monoisotopic (exact) mass is 289 g/mol. The van der Waals surface area contributed by atoms with Gasteiger partial charge >= 0.3 is 0 Å². The predicted octanol–water partition coefficient (Wildman–Crippen LogP) is 3.99. The molecule has 1 fully saturated rings. The van der Waals surface area contributed by atoms with Crippen LogP contribution < -0.4 is 10.2 Å². The quantitative estimate of drug-likeness (QED) is 0.769. The third kappa shape index (κ3) is 4.70. The van der Waals surface area contributed by atoms with Gasteiger partial charge in [0.25, 0.3) is 0 Å². The zero-order chi connectivity index (χ0) is 15.1. The fourth-order valence-electron chi connectivity index (χ4n) is 3.28. The molecule has 118 valence electrons. The van der Waals surface area contributed by atoms with Crippen LogP contribution in [0.4, 0.5) is 5.82 Å². The lowest BCUT2D eigenvalue weighted by atomic mass is 9.84. The van der Waals surface area contributed by atoms with Crippen molar-refractivity contribution in [3.05, 3.63) is 23.9 Å². The number of nitrogens with one attached hydrogen (secondary N) is 1. The Labute approximate surface area is 130 Å². The van der Waals surface area contributed by atoms with Gasteiger partial charge in [0.1, 0.15) is 5.82 Å². The molecular formula is C18H31N3. The van der Waals surface area contributed by atoms with Crippen LogP contribution in [0.1, 0.15) is 58.1 Å². The molecule has 0 spiro atoms. The van der Waals surface area contributed by atoms with Crippen molar-refractivity contribution in [2.75, 3.05) is 18.5 Å². The van der Waals surface area contributed by atoms with Gasteiger partial charge in [-0.2, -0.15) is 0 Å². The van der Waals surface area contributed by atoms with Crippen LogP contribution in [0.2, 0.25) is 0 Å². The number of hydrogen-bond donors (Lipinski definition) is 1. The first-order chi connectivity index (χ1) is 10.2. The molecule has 0 aliphatic heterocycles. The van der Waals surface area contributed by atoms with Crippen molar-refractivity contribution in [1.29, 1.82) is 0 Å². The average Bonchev–Trinajstić information content (AvgIpc) is 2.55. The van der Waals surface area contributed by atoms with E-state index in [9.17, 15) is 0 Å². The van der Waals surface area contributed by atoms with Crippen LogP contribution in [0, 0.1) is 5.92 Å². The molecular weight excluding hydrogens is 258 g/mol. The minimum Gasteiger partial charge on any atom is -0.357 e. The van der Waals surface area contributed by atoms with E-state index < -0.39 is 0 Å². The maximum absolute atomic E-state index is 4.82. The van der Waals surface area contributed by atoms with E-state index in [0.29, 0.717) is 6.04 Å². The maximum atomic E-state index is 4.82. The molecule has 1 aliphatic rings. The van der Waals surface area contributed by atoms with E-state index >= 15 is 0 Å². The van der Waals surface area contributed by atoms with Gasteiger partial charge in [0.05, 0.1) is 5.69 Å². The predicted molar refractivity (Wildman–Crippen MR) is 90.7 cm³/mol. The van der Waals surface area contributed by atoms with Crippen molar-refractivity contribution in [1.82, 2.24) is 10.3 Å². The summed E-state index contributed by atoms with van der Waals surface area (Å²) in [6.07, 6.45) is 7.89. The summed E-state index contributed by atoms with van der Waals surface area (Å²) in [4.78, 5) is 7.22. The van der Waals surface area contributed by atoms with Gasteiger partial charge in [-0.05, 0) is 56.7 Å². The SMILES string of the molecule is CCCNCc1cccc(N(C)C2CCC(CC)CC2)n1. The van der Waals surface area contributed by atoms with E-state index in [0.717, 1.165) is 30.5 Å². The summed E-state index contributed by atoms with van der Waals surface area (Å²) < 4.78 is 0. The van der Waals surface area contributed by atoms with E-state index in [1.807, 2.05) is 0 Å². The highest BCUT2D eigenvalue weighted by Crippen LogP contribution is 2.30. The number of pyridine rings is 1. The molecule has 21 heavy (non-hydrogen) atoms. The van der Waals surface area contributed by atoms with Crippen molar-refractivity contribution in [3.8, 4) is 0 Å². The smallest absolute Gasteiger partial charge is 0.128 e. The Hall–Kier alpha value is -1.09. The first-order valence-corrected chi connectivity index (χ1v) is 8.64. The third-order valence-electron chi connectivity index (χ3n) is 4.83. The Morgan fingerprint density at radius 1 is 1.19 bits per heavy atom. The van der Waals surface area contributed by atoms with Crippen LogP contribution in [0.3, 0.4) is 0 Å². The lowest BCUT2D eigenvalue weighted by Gasteiger charge is -2.35. The number of aromatic nitrogens is 1. The van der Waals surface area contributed by atoms with Crippen LogP contribution in [0.25, 0.3) is 0 Å². The van der Waals surface area contributed by atoms with E-state index in [1.54, 1.807) is 0 Å². The van der Waals surface area contributed by atoms with Gasteiger partial charge < -0.3 is 10.2 Å². The molecule has 0 amide bonds. The topological polar surface area (TPSA) is 28.2 Å². The largest absolute Gasteiger partial charge is 0.357 e. The average molecular weight is 289 g/mol. The number of nitrogens with zero attached hydrogens (tertiary/aromatic N) is 2. The Kier molecular flexibility index (Phi) is 6.50. The van der Waals surface area contributed by atoms with Crippen LogP contribution in [-0.4, -0.2) is 24.6 Å². The summed E-state index contributed by atoms with van der Waals surface area (Å²) in [5, 5.41) is 3.43. The molecule has 0 saturated heterocycles. The van der Waals surface area contributed by atoms with Crippen molar-refractivity contribution >= 4 is 5.82 Å². The third-order valence-corrected chi connectivity index (χ3v) is 4.83. The summed E-state index contributed by atoms with van der Waals surface area (Å²) in [7, 11) is 2.21. The first kappa shape index (κ1) is 16.3. The summed E-state index contributed by atoms with van der Waals surface area (Å²) in [6.45, 7) is 6.45. The summed E-state index contributed by atoms with van der Waals surface area (Å²) in [5.74, 6) is 2.08. The van der Waals surface area contributed by atoms with E-state index in [1.165, 1.54) is 38.5 Å². The Morgan fingerprint density at radius 2 is 1.95 bits per heavy atom. The molecule has 1 heterocycles. The van der Waals surface area contributed by atoms with E-state index in [4.69, 9.17) is 4.98 Å². The fourth-order valence-corrected chi connectivity index (χ4v) is 3.28. The molecule has 3 heteroatoms. The molecule has 0 atom stereocenters. The summed E-state index contributed by atoms with van der Waals surface area (Å²) in [6, 6.07) is 7.07. The molecule has 2 rings (SSSR count). The standard InChI is InChI=1S/C18H31N3/c1-4-13-19-14-16-7-6-8-18(20-16)21(3)17-11-9-15(5-2)10-12-17/h6-8,15,17,19H,4-5,9-14H2,1-3H3. The molecule has 1 aliphatic carbocycles. The van der Waals surface area contributed by atoms with Gasteiger partial charge in [-0.1, -0.05) is 26.3 Å². The van der Waals surface area contributed by atoms with Gasteiger partial charge in [-0.25, -0.2) is 4.98 Å². The van der Waals surface area contributed by atoms with Gasteiger partial charge in [-0.3, -0.25) is 0 Å². The highest BCUT2D eigenvalue weighted by molar-refractivity contribution is 5.39. The molecule has 0 radical (unpaired) electrons. The molecule has 0 unspecified atom stereocenters. The molecule has 3 nitrogen and oxygen atoms in total. The lowest BCUT2D eigenvalue weighted by molar-refractivity contribution is 0.313. The highest BCUT2D eigenvalue weighted by Gasteiger charge is 2.23. The van der Waals surface area contributed by atoms with Crippen LogP contribution in [-0.2, 0) is 6.54 Å². The molecule has 1 aromatic heterocycles. The minimum atomic E-state index is 0.666. The van der Waals surface area contributed by atoms with Crippen molar-refractivity contribution in [3.63, 3.8) is 0 Å². The summed E-state index contributed by atoms with van der Waals surface area (Å²) in [5.41, 5.74) is 1.15. The second-order valence-electron chi connectivity index (χ2n) is 6.36. The zero-order valence-electron chi connectivity index (χ0n) is 13.9. The molecule has 1 N–H and O–H groups in total. The molecule has 1 saturated carbocycles. The Morgan fingerprint density at radius 3 is 2.62 bits per heavy atom. The van der Waals surface area contributed by atoms with E-state index in [2.05, 4.69) is 49.3 Å². The molecule has 0 bridgehead atoms. The molecule has 0 aromatic carbocycles. The molecule has 1 aromatic rings. The number of anilines is 1. The zero-order valence-corrected chi connectivity index (χ0v) is 13.9. The van der Waals surface area contributed by atoms with Gasteiger partial charge in [0, 0.05) is 19.6 Å². The van der Waals surface area contributed by atoms with Crippen LogP contribution in [0.15, 0.2) is 18.2 Å². The van der Waals surface area contributed by atoms with Crippen molar-refractivity contribution in [2.45, 2.75) is 65.0 Å². The van der Waals surface area contributed by atoms with Gasteiger partial charge in [0.15, 0.2) is 0 Å². The van der Waals surface area contributed by atoms with Crippen LogP contribution in [0.5, 0.6) is 0 Å². The Balaban J connectivity index is 1.92. The van der Waals surface area contributed by atoms with Gasteiger partial charge in [0.2, 0.25) is 0 Å².